The minimum absolute atomic E-state index is 0.350. The highest BCUT2D eigenvalue weighted by Crippen LogP contribution is 2.33. The van der Waals surface area contributed by atoms with Crippen LogP contribution in [0.5, 0.6) is 0 Å². The highest BCUT2D eigenvalue weighted by molar-refractivity contribution is 8.00. The fourth-order valence-corrected chi connectivity index (χ4v) is 3.76. The van der Waals surface area contributed by atoms with Crippen LogP contribution in [-0.4, -0.2) is 62.1 Å². The molecule has 0 saturated carbocycles. The zero-order chi connectivity index (χ0) is 15.1. The second kappa shape index (κ2) is 9.23. The van der Waals surface area contributed by atoms with Gasteiger partial charge in [0.1, 0.15) is 29.9 Å². The topological polar surface area (TPSA) is 90.2 Å². The van der Waals surface area contributed by atoms with Crippen molar-refractivity contribution in [2.24, 2.45) is 0 Å². The Hall–Kier alpha value is 0.150. The molecular weight excluding hydrogens is 280 g/mol. The molecule has 0 spiro atoms. The Bertz CT molecular complexity index is 264. The Morgan fingerprint density at radius 1 is 1.05 bits per heavy atom. The van der Waals surface area contributed by atoms with Gasteiger partial charge in [0.05, 0.1) is 6.61 Å². The minimum atomic E-state index is -1.27. The van der Waals surface area contributed by atoms with E-state index in [0.717, 1.165) is 19.3 Å². The summed E-state index contributed by atoms with van der Waals surface area (Å²) >= 11 is 1.49. The SMILES string of the molecule is CCCCCC(CC)SC1O[C@H](CO)[C@@H](O)[C@H](O)[C@H]1O. The quantitative estimate of drug-likeness (QED) is 0.498. The van der Waals surface area contributed by atoms with Gasteiger partial charge in [-0.1, -0.05) is 33.1 Å². The largest absolute Gasteiger partial charge is 0.394 e. The molecule has 1 saturated heterocycles. The molecule has 2 unspecified atom stereocenters. The van der Waals surface area contributed by atoms with Crippen molar-refractivity contribution in [3.05, 3.63) is 0 Å². The van der Waals surface area contributed by atoms with Crippen LogP contribution in [0, 0.1) is 0 Å². The highest BCUT2D eigenvalue weighted by atomic mass is 32.2. The molecule has 0 aromatic rings. The van der Waals surface area contributed by atoms with Crippen LogP contribution in [0.2, 0.25) is 0 Å². The summed E-state index contributed by atoms with van der Waals surface area (Å²) in [6.45, 7) is 3.88. The molecule has 0 amide bonds. The lowest BCUT2D eigenvalue weighted by Gasteiger charge is -2.40. The third kappa shape index (κ3) is 4.86. The highest BCUT2D eigenvalue weighted by Gasteiger charge is 2.44. The molecule has 6 heteroatoms. The van der Waals surface area contributed by atoms with Crippen molar-refractivity contribution < 1.29 is 25.2 Å². The lowest BCUT2D eigenvalue weighted by molar-refractivity contribution is -0.205. The second-order valence-electron chi connectivity index (χ2n) is 5.36. The lowest BCUT2D eigenvalue weighted by Crippen LogP contribution is -2.57. The number of aliphatic hydroxyl groups excluding tert-OH is 4. The van der Waals surface area contributed by atoms with E-state index in [4.69, 9.17) is 9.84 Å². The Kier molecular flexibility index (Phi) is 8.39. The van der Waals surface area contributed by atoms with Gasteiger partial charge in [-0.3, -0.25) is 0 Å². The van der Waals surface area contributed by atoms with Gasteiger partial charge in [0, 0.05) is 5.25 Å². The van der Waals surface area contributed by atoms with E-state index in [2.05, 4.69) is 13.8 Å². The number of hydrogen-bond acceptors (Lipinski definition) is 6. The zero-order valence-electron chi connectivity index (χ0n) is 12.3. The predicted molar refractivity (Wildman–Crippen MR) is 79.6 cm³/mol. The molecule has 6 atom stereocenters. The number of hydrogen-bond donors (Lipinski definition) is 4. The Labute approximate surface area is 125 Å². The van der Waals surface area contributed by atoms with Crippen molar-refractivity contribution >= 4 is 11.8 Å². The van der Waals surface area contributed by atoms with Crippen molar-refractivity contribution in [3.8, 4) is 0 Å². The molecule has 1 rings (SSSR count). The number of thioether (sulfide) groups is 1. The zero-order valence-corrected chi connectivity index (χ0v) is 13.1. The molecule has 20 heavy (non-hydrogen) atoms. The second-order valence-corrected chi connectivity index (χ2v) is 6.76. The number of unbranched alkanes of at least 4 members (excludes halogenated alkanes) is 2. The average Bonchev–Trinajstić information content (AvgIpc) is 2.46. The third-order valence-electron chi connectivity index (χ3n) is 3.76. The fourth-order valence-electron chi connectivity index (χ4n) is 2.36. The van der Waals surface area contributed by atoms with Crippen molar-refractivity contribution in [2.75, 3.05) is 6.61 Å². The van der Waals surface area contributed by atoms with E-state index >= 15 is 0 Å². The molecule has 0 bridgehead atoms. The molecule has 1 heterocycles. The van der Waals surface area contributed by atoms with Gasteiger partial charge in [-0.25, -0.2) is 0 Å². The van der Waals surface area contributed by atoms with Crippen molar-refractivity contribution in [3.63, 3.8) is 0 Å². The maximum Gasteiger partial charge on any atom is 0.132 e. The van der Waals surface area contributed by atoms with E-state index in [1.165, 1.54) is 24.6 Å². The summed E-state index contributed by atoms with van der Waals surface area (Å²) in [7, 11) is 0. The van der Waals surface area contributed by atoms with E-state index in [-0.39, 0.29) is 6.61 Å². The monoisotopic (exact) mass is 308 g/mol. The summed E-state index contributed by atoms with van der Waals surface area (Å²) in [5.41, 5.74) is -0.600. The maximum absolute atomic E-state index is 10.00. The smallest absolute Gasteiger partial charge is 0.132 e. The van der Waals surface area contributed by atoms with Gasteiger partial charge < -0.3 is 25.2 Å². The van der Waals surface area contributed by atoms with Crippen LogP contribution in [0.15, 0.2) is 0 Å². The van der Waals surface area contributed by atoms with Crippen LogP contribution in [0.25, 0.3) is 0 Å². The number of aliphatic hydroxyl groups is 4. The summed E-state index contributed by atoms with van der Waals surface area (Å²) in [6, 6.07) is 0. The summed E-state index contributed by atoms with van der Waals surface area (Å²) in [6.07, 6.45) is 1.02. The summed E-state index contributed by atoms with van der Waals surface area (Å²) < 4.78 is 5.52. The standard InChI is InChI=1S/C14H28O5S/c1-3-5-6-7-9(4-2)20-14-13(18)12(17)11(16)10(8-15)19-14/h9-18H,3-8H2,1-2H3/t9?,10-,11-,12+,13-,14?/m1/s1. The van der Waals surface area contributed by atoms with Gasteiger partial charge in [-0.05, 0) is 12.8 Å². The molecular formula is C14H28O5S. The molecule has 0 aromatic heterocycles. The van der Waals surface area contributed by atoms with Crippen LogP contribution < -0.4 is 0 Å². The van der Waals surface area contributed by atoms with Gasteiger partial charge >= 0.3 is 0 Å². The minimum Gasteiger partial charge on any atom is -0.394 e. The van der Waals surface area contributed by atoms with Crippen LogP contribution in [0.4, 0.5) is 0 Å². The van der Waals surface area contributed by atoms with Crippen molar-refractivity contribution in [1.29, 1.82) is 0 Å². The molecule has 5 nitrogen and oxygen atoms in total. The number of ether oxygens (including phenoxy) is 1. The normalized spacial score (nSPS) is 36.0. The number of rotatable bonds is 8. The lowest BCUT2D eigenvalue weighted by atomic mass is 10.0. The first-order valence-electron chi connectivity index (χ1n) is 7.51. The van der Waals surface area contributed by atoms with Gasteiger partial charge in [-0.15, -0.1) is 11.8 Å². The van der Waals surface area contributed by atoms with E-state index in [1.807, 2.05) is 0 Å². The van der Waals surface area contributed by atoms with Gasteiger partial charge in [0.25, 0.3) is 0 Å². The Morgan fingerprint density at radius 3 is 2.30 bits per heavy atom. The van der Waals surface area contributed by atoms with E-state index in [9.17, 15) is 15.3 Å². The average molecular weight is 308 g/mol. The van der Waals surface area contributed by atoms with Crippen LogP contribution in [0.3, 0.4) is 0 Å². The molecule has 0 aromatic carbocycles. The van der Waals surface area contributed by atoms with Crippen molar-refractivity contribution in [2.45, 2.75) is 81.1 Å². The van der Waals surface area contributed by atoms with Crippen LogP contribution >= 0.6 is 11.8 Å². The summed E-state index contributed by atoms with van der Waals surface area (Å²) in [4.78, 5) is 0. The molecule has 1 fully saturated rings. The molecule has 1 aliphatic heterocycles. The Balaban J connectivity index is 2.54. The van der Waals surface area contributed by atoms with Gasteiger partial charge in [-0.2, -0.15) is 0 Å². The van der Waals surface area contributed by atoms with E-state index in [0.29, 0.717) is 5.25 Å². The Morgan fingerprint density at radius 2 is 1.75 bits per heavy atom. The first-order valence-corrected chi connectivity index (χ1v) is 8.45. The fraction of sp³-hybridized carbons (Fsp3) is 1.00. The first-order chi connectivity index (χ1) is 9.54. The predicted octanol–water partition coefficient (Wildman–Crippen LogP) is 0.878. The molecule has 4 N–H and O–H groups in total. The third-order valence-corrected chi connectivity index (χ3v) is 5.37. The summed E-state index contributed by atoms with van der Waals surface area (Å²) in [5, 5.41) is 39.0. The van der Waals surface area contributed by atoms with Gasteiger partial charge in [0.2, 0.25) is 0 Å². The van der Waals surface area contributed by atoms with E-state index in [1.54, 1.807) is 0 Å². The summed E-state index contributed by atoms with van der Waals surface area (Å²) in [5.74, 6) is 0. The molecule has 120 valence electrons. The maximum atomic E-state index is 10.00. The van der Waals surface area contributed by atoms with Crippen LogP contribution in [-0.2, 0) is 4.74 Å². The van der Waals surface area contributed by atoms with Gasteiger partial charge in [0.15, 0.2) is 0 Å². The van der Waals surface area contributed by atoms with Crippen LogP contribution in [0.1, 0.15) is 46.0 Å². The molecule has 1 aliphatic rings. The first kappa shape index (κ1) is 18.2. The molecule has 0 radical (unpaired) electrons. The van der Waals surface area contributed by atoms with E-state index < -0.39 is 29.9 Å². The molecule has 0 aliphatic carbocycles. The van der Waals surface area contributed by atoms with Crippen molar-refractivity contribution in [1.82, 2.24) is 0 Å².